The number of anilines is 1. The predicted octanol–water partition coefficient (Wildman–Crippen LogP) is 3.34. The van der Waals surface area contributed by atoms with Crippen molar-refractivity contribution >= 4 is 11.5 Å². The van der Waals surface area contributed by atoms with Gasteiger partial charge >= 0.3 is 0 Å². The van der Waals surface area contributed by atoms with Gasteiger partial charge < -0.3 is 5.73 Å². The molecule has 0 aliphatic heterocycles. The van der Waals surface area contributed by atoms with Gasteiger partial charge in [-0.15, -0.1) is 0 Å². The molecule has 0 bridgehead atoms. The van der Waals surface area contributed by atoms with Crippen molar-refractivity contribution in [1.82, 2.24) is 9.38 Å². The molecule has 2 aromatic heterocycles. The summed E-state index contributed by atoms with van der Waals surface area (Å²) in [7, 11) is 0. The number of pyridine rings is 1. The maximum atomic E-state index is 13.4. The van der Waals surface area contributed by atoms with Gasteiger partial charge in [0, 0.05) is 11.8 Å². The van der Waals surface area contributed by atoms with E-state index in [2.05, 4.69) is 4.98 Å². The number of nitrogens with two attached hydrogens (primary N) is 1. The number of rotatable bonds is 1. The molecule has 0 unspecified atom stereocenters. The van der Waals surface area contributed by atoms with Gasteiger partial charge in [-0.05, 0) is 49.2 Å². The Balaban J connectivity index is 2.30. The summed E-state index contributed by atoms with van der Waals surface area (Å²) in [6.45, 7) is 3.92. The summed E-state index contributed by atoms with van der Waals surface area (Å²) in [5.41, 5.74) is 10.3. The molecule has 19 heavy (non-hydrogen) atoms. The molecular weight excluding hydrogens is 241 g/mol. The first-order chi connectivity index (χ1) is 9.06. The van der Waals surface area contributed by atoms with Crippen molar-refractivity contribution in [1.29, 1.82) is 0 Å². The Morgan fingerprint density at radius 2 is 1.95 bits per heavy atom. The van der Waals surface area contributed by atoms with Crippen LogP contribution < -0.4 is 5.73 Å². The maximum Gasteiger partial charge on any atom is 0.139 e. The summed E-state index contributed by atoms with van der Waals surface area (Å²) in [6.07, 6.45) is 1.88. The number of aryl methyl sites for hydroxylation is 2. The fourth-order valence-electron chi connectivity index (χ4n) is 2.21. The van der Waals surface area contributed by atoms with E-state index in [9.17, 15) is 4.39 Å². The molecule has 0 saturated carbocycles. The molecular formula is C15H14FN3. The Morgan fingerprint density at radius 1 is 1.16 bits per heavy atom. The molecule has 0 radical (unpaired) electrons. The summed E-state index contributed by atoms with van der Waals surface area (Å²) in [5, 5.41) is 0. The van der Waals surface area contributed by atoms with E-state index in [1.54, 1.807) is 6.07 Å². The normalized spacial score (nSPS) is 11.1. The first-order valence-electron chi connectivity index (χ1n) is 6.07. The lowest BCUT2D eigenvalue weighted by Gasteiger charge is -2.04. The highest BCUT2D eigenvalue weighted by molar-refractivity contribution is 5.77. The number of nitrogens with zero attached hydrogens (tertiary/aromatic N) is 2. The van der Waals surface area contributed by atoms with Gasteiger partial charge in [0.15, 0.2) is 0 Å². The third kappa shape index (κ3) is 1.85. The number of nitrogen functional groups attached to an aromatic ring is 1. The zero-order valence-electron chi connectivity index (χ0n) is 10.8. The van der Waals surface area contributed by atoms with E-state index < -0.39 is 0 Å². The van der Waals surface area contributed by atoms with Crippen LogP contribution in [0.5, 0.6) is 0 Å². The zero-order valence-corrected chi connectivity index (χ0v) is 10.8. The molecule has 0 fully saturated rings. The molecule has 3 aromatic rings. The lowest BCUT2D eigenvalue weighted by Crippen LogP contribution is -1.95. The Hall–Kier alpha value is -2.36. The third-order valence-electron chi connectivity index (χ3n) is 3.27. The van der Waals surface area contributed by atoms with Crippen LogP contribution in [0.15, 0.2) is 36.5 Å². The van der Waals surface area contributed by atoms with Crippen LogP contribution in [0.4, 0.5) is 10.2 Å². The molecule has 0 aliphatic carbocycles. The van der Waals surface area contributed by atoms with Crippen LogP contribution in [0.3, 0.4) is 0 Å². The molecule has 0 saturated heterocycles. The second-order valence-corrected chi connectivity index (χ2v) is 4.74. The van der Waals surface area contributed by atoms with Crippen molar-refractivity contribution < 1.29 is 4.39 Å². The van der Waals surface area contributed by atoms with Crippen LogP contribution in [0, 0.1) is 19.7 Å². The second kappa shape index (κ2) is 4.09. The van der Waals surface area contributed by atoms with Crippen LogP contribution >= 0.6 is 0 Å². The summed E-state index contributed by atoms with van der Waals surface area (Å²) >= 11 is 0. The number of benzene rings is 1. The molecule has 4 heteroatoms. The van der Waals surface area contributed by atoms with Gasteiger partial charge in [0.25, 0.3) is 0 Å². The highest BCUT2D eigenvalue weighted by atomic mass is 19.1. The highest BCUT2D eigenvalue weighted by Crippen LogP contribution is 2.29. The van der Waals surface area contributed by atoms with Gasteiger partial charge in [-0.1, -0.05) is 6.07 Å². The molecule has 2 heterocycles. The van der Waals surface area contributed by atoms with E-state index in [0.29, 0.717) is 11.5 Å². The molecule has 0 aliphatic rings. The fourth-order valence-corrected chi connectivity index (χ4v) is 2.21. The van der Waals surface area contributed by atoms with Gasteiger partial charge in [-0.3, -0.25) is 4.40 Å². The quantitative estimate of drug-likeness (QED) is 0.724. The largest absolute Gasteiger partial charge is 0.383 e. The van der Waals surface area contributed by atoms with Crippen molar-refractivity contribution in [3.63, 3.8) is 0 Å². The monoisotopic (exact) mass is 255 g/mol. The molecule has 3 rings (SSSR count). The summed E-state index contributed by atoms with van der Waals surface area (Å²) in [4.78, 5) is 4.52. The van der Waals surface area contributed by atoms with E-state index >= 15 is 0 Å². The van der Waals surface area contributed by atoms with Crippen molar-refractivity contribution in [2.45, 2.75) is 13.8 Å². The zero-order chi connectivity index (χ0) is 13.6. The number of hydrogen-bond acceptors (Lipinski definition) is 2. The van der Waals surface area contributed by atoms with Crippen LogP contribution in [-0.4, -0.2) is 9.38 Å². The second-order valence-electron chi connectivity index (χ2n) is 4.74. The van der Waals surface area contributed by atoms with E-state index in [1.807, 2.05) is 36.6 Å². The first kappa shape index (κ1) is 11.7. The first-order valence-corrected chi connectivity index (χ1v) is 6.07. The van der Waals surface area contributed by atoms with Gasteiger partial charge in [-0.25, -0.2) is 9.37 Å². The molecule has 2 N–H and O–H groups in total. The van der Waals surface area contributed by atoms with Crippen molar-refractivity contribution in [2.24, 2.45) is 0 Å². The lowest BCUT2D eigenvalue weighted by molar-refractivity contribution is 0.628. The van der Waals surface area contributed by atoms with Crippen LogP contribution in [0.1, 0.15) is 11.1 Å². The minimum atomic E-state index is -0.284. The summed E-state index contributed by atoms with van der Waals surface area (Å²) < 4.78 is 15.2. The van der Waals surface area contributed by atoms with Gasteiger partial charge in [-0.2, -0.15) is 0 Å². The average Bonchev–Trinajstić information content (AvgIpc) is 2.69. The molecule has 3 nitrogen and oxygen atoms in total. The van der Waals surface area contributed by atoms with E-state index in [-0.39, 0.29) is 5.82 Å². The van der Waals surface area contributed by atoms with Gasteiger partial charge in [0.1, 0.15) is 23.0 Å². The SMILES string of the molecule is Cc1ccn2c(N)c(-c3cc(F)ccc3C)nc2c1. The smallest absolute Gasteiger partial charge is 0.139 e. The van der Waals surface area contributed by atoms with Crippen LogP contribution in [-0.2, 0) is 0 Å². The molecule has 0 atom stereocenters. The van der Waals surface area contributed by atoms with Gasteiger partial charge in [0.2, 0.25) is 0 Å². The van der Waals surface area contributed by atoms with Gasteiger partial charge in [0.05, 0.1) is 0 Å². The van der Waals surface area contributed by atoms with E-state index in [4.69, 9.17) is 5.73 Å². The highest BCUT2D eigenvalue weighted by Gasteiger charge is 2.13. The van der Waals surface area contributed by atoms with Crippen LogP contribution in [0.25, 0.3) is 16.9 Å². The number of hydrogen-bond donors (Lipinski definition) is 1. The van der Waals surface area contributed by atoms with E-state index in [0.717, 1.165) is 22.3 Å². The minimum absolute atomic E-state index is 0.284. The Labute approximate surface area is 110 Å². The molecule has 1 aromatic carbocycles. The number of aromatic nitrogens is 2. The predicted molar refractivity (Wildman–Crippen MR) is 74.5 cm³/mol. The standard InChI is InChI=1S/C15H14FN3/c1-9-5-6-19-13(7-9)18-14(15(19)17)12-8-11(16)4-3-10(12)2/h3-8H,17H2,1-2H3. The van der Waals surface area contributed by atoms with Crippen LogP contribution in [0.2, 0.25) is 0 Å². The Bertz CT molecular complexity index is 774. The summed E-state index contributed by atoms with van der Waals surface area (Å²) in [5.74, 6) is 0.247. The lowest BCUT2D eigenvalue weighted by atomic mass is 10.1. The van der Waals surface area contributed by atoms with E-state index in [1.165, 1.54) is 12.1 Å². The number of halogens is 1. The fraction of sp³-hybridized carbons (Fsp3) is 0.133. The topological polar surface area (TPSA) is 43.3 Å². The molecule has 96 valence electrons. The maximum absolute atomic E-state index is 13.4. The number of fused-ring (bicyclic) bond motifs is 1. The molecule has 0 spiro atoms. The van der Waals surface area contributed by atoms with Crippen molar-refractivity contribution in [3.05, 3.63) is 53.5 Å². The number of imidazole rings is 1. The third-order valence-corrected chi connectivity index (χ3v) is 3.27. The Kier molecular flexibility index (Phi) is 2.52. The average molecular weight is 255 g/mol. The van der Waals surface area contributed by atoms with Crippen molar-refractivity contribution in [2.75, 3.05) is 5.73 Å². The molecule has 0 amide bonds. The minimum Gasteiger partial charge on any atom is -0.383 e. The Morgan fingerprint density at radius 3 is 2.74 bits per heavy atom. The summed E-state index contributed by atoms with van der Waals surface area (Å²) in [6, 6.07) is 8.57. The van der Waals surface area contributed by atoms with Crippen molar-refractivity contribution in [3.8, 4) is 11.3 Å².